The molecule has 2 aliphatic rings. The fourth-order valence-corrected chi connectivity index (χ4v) is 4.55. The number of carboxylic acids is 1. The molecule has 24 heavy (non-hydrogen) atoms. The number of aliphatic carboxylic acids is 1. The highest BCUT2D eigenvalue weighted by atomic mass is 32.2. The summed E-state index contributed by atoms with van der Waals surface area (Å²) in [4.78, 5) is 23.8. The second kappa shape index (κ2) is 7.47. The molecule has 0 bridgehead atoms. The third kappa shape index (κ3) is 3.86. The van der Waals surface area contributed by atoms with E-state index in [0.717, 1.165) is 24.3 Å². The quantitative estimate of drug-likeness (QED) is 0.854. The van der Waals surface area contributed by atoms with E-state index in [1.807, 2.05) is 12.1 Å². The second-order valence-electron chi connectivity index (χ2n) is 6.47. The Labute approximate surface area is 146 Å². The minimum absolute atomic E-state index is 0.152. The number of hydrogen-bond donors (Lipinski definition) is 2. The van der Waals surface area contributed by atoms with Crippen LogP contribution >= 0.6 is 11.8 Å². The van der Waals surface area contributed by atoms with Crippen LogP contribution in [0.25, 0.3) is 0 Å². The van der Waals surface area contributed by atoms with Crippen molar-refractivity contribution in [3.05, 3.63) is 29.3 Å². The van der Waals surface area contributed by atoms with Gasteiger partial charge in [-0.2, -0.15) is 11.8 Å². The first-order chi connectivity index (χ1) is 11.6. The summed E-state index contributed by atoms with van der Waals surface area (Å²) in [5.74, 6) is 0.845. The molecule has 6 heteroatoms. The lowest BCUT2D eigenvalue weighted by atomic mass is 9.92. The molecule has 0 atom stereocenters. The van der Waals surface area contributed by atoms with Crippen molar-refractivity contribution in [2.75, 3.05) is 18.1 Å². The van der Waals surface area contributed by atoms with Crippen LogP contribution < -0.4 is 10.1 Å². The van der Waals surface area contributed by atoms with Crippen molar-refractivity contribution in [1.29, 1.82) is 0 Å². The minimum Gasteiger partial charge on any atom is -0.484 e. The van der Waals surface area contributed by atoms with Crippen molar-refractivity contribution in [2.24, 2.45) is 0 Å². The largest absolute Gasteiger partial charge is 0.484 e. The number of fused-ring (bicyclic) bond motifs is 1. The fraction of sp³-hybridized carbons (Fsp3) is 0.556. The van der Waals surface area contributed by atoms with Crippen molar-refractivity contribution in [3.63, 3.8) is 0 Å². The van der Waals surface area contributed by atoms with E-state index in [9.17, 15) is 14.7 Å². The van der Waals surface area contributed by atoms with E-state index >= 15 is 0 Å². The number of aryl methyl sites for hydroxylation is 2. The molecule has 1 amide bonds. The van der Waals surface area contributed by atoms with Gasteiger partial charge in [-0.25, -0.2) is 4.79 Å². The maximum Gasteiger partial charge on any atom is 0.329 e. The van der Waals surface area contributed by atoms with Gasteiger partial charge in [-0.15, -0.1) is 0 Å². The maximum absolute atomic E-state index is 12.2. The van der Waals surface area contributed by atoms with Crippen molar-refractivity contribution < 1.29 is 19.4 Å². The Morgan fingerprint density at radius 3 is 2.58 bits per heavy atom. The molecule has 0 unspecified atom stereocenters. The van der Waals surface area contributed by atoms with Gasteiger partial charge >= 0.3 is 5.97 Å². The summed E-state index contributed by atoms with van der Waals surface area (Å²) in [7, 11) is 0. The van der Waals surface area contributed by atoms with Crippen molar-refractivity contribution >= 4 is 23.6 Å². The molecule has 1 saturated heterocycles. The van der Waals surface area contributed by atoms with Crippen molar-refractivity contribution in [2.45, 2.75) is 44.1 Å². The Bertz CT molecular complexity index is 625. The van der Waals surface area contributed by atoms with Crippen molar-refractivity contribution in [3.8, 4) is 5.75 Å². The predicted molar refractivity (Wildman–Crippen MR) is 93.6 cm³/mol. The number of benzene rings is 1. The Balaban J connectivity index is 1.58. The van der Waals surface area contributed by atoms with Gasteiger partial charge in [0, 0.05) is 0 Å². The monoisotopic (exact) mass is 349 g/mol. The summed E-state index contributed by atoms with van der Waals surface area (Å²) in [6, 6.07) is 5.96. The highest BCUT2D eigenvalue weighted by molar-refractivity contribution is 7.99. The van der Waals surface area contributed by atoms with Gasteiger partial charge in [0.1, 0.15) is 11.3 Å². The average Bonchev–Trinajstić information content (AvgIpc) is 2.60. The molecular formula is C18H23NO4S. The number of thioether (sulfide) groups is 1. The van der Waals surface area contributed by atoms with Gasteiger partial charge in [-0.1, -0.05) is 6.07 Å². The molecule has 0 aromatic heterocycles. The minimum atomic E-state index is -1.14. The lowest BCUT2D eigenvalue weighted by Gasteiger charge is -2.33. The smallest absolute Gasteiger partial charge is 0.329 e. The third-order valence-corrected chi connectivity index (χ3v) is 5.81. The molecular weight excluding hydrogens is 326 g/mol. The van der Waals surface area contributed by atoms with E-state index in [1.54, 1.807) is 11.8 Å². The lowest BCUT2D eigenvalue weighted by Crippen LogP contribution is -2.57. The van der Waals surface area contributed by atoms with Gasteiger partial charge in [0.2, 0.25) is 0 Å². The van der Waals surface area contributed by atoms with Crippen LogP contribution in [0.1, 0.15) is 36.8 Å². The van der Waals surface area contributed by atoms with E-state index in [0.29, 0.717) is 18.6 Å². The molecule has 1 heterocycles. The van der Waals surface area contributed by atoms with Gasteiger partial charge in [-0.3, -0.25) is 4.79 Å². The van der Waals surface area contributed by atoms with Gasteiger partial charge in [0.15, 0.2) is 6.61 Å². The number of amides is 1. The summed E-state index contributed by atoms with van der Waals surface area (Å²) in [6.07, 6.45) is 5.49. The van der Waals surface area contributed by atoms with Gasteiger partial charge in [0.25, 0.3) is 5.91 Å². The van der Waals surface area contributed by atoms with E-state index in [4.69, 9.17) is 4.74 Å². The normalized spacial score (nSPS) is 19.2. The lowest BCUT2D eigenvalue weighted by molar-refractivity contribution is -0.148. The molecule has 2 N–H and O–H groups in total. The maximum atomic E-state index is 12.2. The molecule has 0 spiro atoms. The first-order valence-electron chi connectivity index (χ1n) is 8.46. The molecule has 0 saturated carbocycles. The molecule has 1 aromatic carbocycles. The van der Waals surface area contributed by atoms with E-state index in [1.165, 1.54) is 24.0 Å². The van der Waals surface area contributed by atoms with Crippen LogP contribution in [-0.4, -0.2) is 40.6 Å². The molecule has 1 fully saturated rings. The fourth-order valence-electron chi connectivity index (χ4n) is 3.36. The molecule has 130 valence electrons. The van der Waals surface area contributed by atoms with E-state index in [2.05, 4.69) is 11.4 Å². The van der Waals surface area contributed by atoms with Crippen LogP contribution in [0.2, 0.25) is 0 Å². The number of carbonyl (C=O) groups is 2. The first kappa shape index (κ1) is 17.1. The summed E-state index contributed by atoms with van der Waals surface area (Å²) < 4.78 is 5.59. The van der Waals surface area contributed by atoms with E-state index in [-0.39, 0.29) is 12.5 Å². The Hall–Kier alpha value is -1.69. The Morgan fingerprint density at radius 2 is 1.88 bits per heavy atom. The summed E-state index contributed by atoms with van der Waals surface area (Å²) >= 11 is 1.72. The third-order valence-electron chi connectivity index (χ3n) is 4.82. The number of nitrogens with one attached hydrogen (secondary N) is 1. The highest BCUT2D eigenvalue weighted by Gasteiger charge is 2.41. The number of rotatable bonds is 5. The summed E-state index contributed by atoms with van der Waals surface area (Å²) in [5.41, 5.74) is 1.52. The highest BCUT2D eigenvalue weighted by Crippen LogP contribution is 2.28. The van der Waals surface area contributed by atoms with Gasteiger partial charge in [-0.05, 0) is 73.3 Å². The van der Waals surface area contributed by atoms with Gasteiger partial charge in [0.05, 0.1) is 0 Å². The van der Waals surface area contributed by atoms with Crippen molar-refractivity contribution in [1.82, 2.24) is 5.32 Å². The zero-order chi connectivity index (χ0) is 17.0. The summed E-state index contributed by atoms with van der Waals surface area (Å²) in [5, 5.41) is 12.2. The topological polar surface area (TPSA) is 75.6 Å². The molecule has 1 aliphatic carbocycles. The zero-order valence-corrected chi connectivity index (χ0v) is 14.5. The molecule has 1 aliphatic heterocycles. The van der Waals surface area contributed by atoms with Crippen LogP contribution in [0.15, 0.2) is 18.2 Å². The van der Waals surface area contributed by atoms with Crippen LogP contribution in [0, 0.1) is 0 Å². The number of ether oxygens (including phenoxy) is 1. The molecule has 5 nitrogen and oxygen atoms in total. The standard InChI is InChI=1S/C18H23NO4S/c20-16(19-18(17(21)22)7-9-24-10-8-18)12-23-15-6-5-13-3-1-2-4-14(13)11-15/h5-6,11H,1-4,7-10,12H2,(H,19,20)(H,21,22). The average molecular weight is 349 g/mol. The second-order valence-corrected chi connectivity index (χ2v) is 7.70. The molecule has 1 aromatic rings. The molecule has 0 radical (unpaired) electrons. The first-order valence-corrected chi connectivity index (χ1v) is 9.61. The number of hydrogen-bond acceptors (Lipinski definition) is 4. The van der Waals surface area contributed by atoms with Crippen LogP contribution in [0.4, 0.5) is 0 Å². The predicted octanol–water partition coefficient (Wildman–Crippen LogP) is 2.41. The van der Waals surface area contributed by atoms with E-state index < -0.39 is 11.5 Å². The van der Waals surface area contributed by atoms with Gasteiger partial charge < -0.3 is 15.2 Å². The number of carbonyl (C=O) groups excluding carboxylic acids is 1. The van der Waals surface area contributed by atoms with Crippen LogP contribution in [0.5, 0.6) is 5.75 Å². The SMILES string of the molecule is O=C(COc1ccc2c(c1)CCCC2)NC1(C(=O)O)CCSCC1. The van der Waals surface area contributed by atoms with Crippen LogP contribution in [-0.2, 0) is 22.4 Å². The Morgan fingerprint density at radius 1 is 1.17 bits per heavy atom. The summed E-state index contributed by atoms with van der Waals surface area (Å²) in [6.45, 7) is -0.152. The van der Waals surface area contributed by atoms with Crippen LogP contribution in [0.3, 0.4) is 0 Å². The number of carboxylic acid groups (broad SMARTS) is 1. The zero-order valence-electron chi connectivity index (χ0n) is 13.7. The Kier molecular flexibility index (Phi) is 5.33. The molecule has 3 rings (SSSR count).